The van der Waals surface area contributed by atoms with E-state index in [-0.39, 0.29) is 29.0 Å². The molecule has 1 aromatic heterocycles. The molecule has 0 bridgehead atoms. The minimum atomic E-state index is -0.372. The molecule has 92 valence electrons. The van der Waals surface area contributed by atoms with Crippen molar-refractivity contribution in [3.63, 3.8) is 0 Å². The van der Waals surface area contributed by atoms with Crippen molar-refractivity contribution in [1.29, 1.82) is 0 Å². The van der Waals surface area contributed by atoms with E-state index in [0.717, 1.165) is 0 Å². The summed E-state index contributed by atoms with van der Waals surface area (Å²) in [6.07, 6.45) is 1.59. The second-order valence-corrected chi connectivity index (χ2v) is 5.04. The van der Waals surface area contributed by atoms with Crippen molar-refractivity contribution < 1.29 is 9.90 Å². The Morgan fingerprint density at radius 2 is 2.24 bits per heavy atom. The van der Waals surface area contributed by atoms with Gasteiger partial charge in [-0.05, 0) is 12.5 Å². The molecule has 1 heterocycles. The molecular weight excluding hydrogens is 220 g/mol. The zero-order valence-corrected chi connectivity index (χ0v) is 9.86. The maximum atomic E-state index is 11.8. The highest BCUT2D eigenvalue weighted by molar-refractivity contribution is 5.94. The number of carbonyl (C=O) groups excluding carboxylic acids is 1. The SMILES string of the molecule is CC1(C)C(O)CC1NC(=O)c1ccc(=O)[nH]c1. The van der Waals surface area contributed by atoms with E-state index in [4.69, 9.17) is 0 Å². The van der Waals surface area contributed by atoms with E-state index in [1.165, 1.54) is 18.3 Å². The van der Waals surface area contributed by atoms with E-state index in [1.54, 1.807) is 0 Å². The smallest absolute Gasteiger partial charge is 0.252 e. The molecule has 1 aromatic rings. The summed E-state index contributed by atoms with van der Waals surface area (Å²) in [5.41, 5.74) is -0.111. The van der Waals surface area contributed by atoms with Crippen LogP contribution in [0.2, 0.25) is 0 Å². The zero-order chi connectivity index (χ0) is 12.6. The molecule has 2 unspecified atom stereocenters. The van der Waals surface area contributed by atoms with Gasteiger partial charge in [0.05, 0.1) is 11.7 Å². The van der Waals surface area contributed by atoms with Crippen LogP contribution in [0, 0.1) is 5.41 Å². The van der Waals surface area contributed by atoms with Crippen molar-refractivity contribution in [3.8, 4) is 0 Å². The van der Waals surface area contributed by atoms with Crippen LogP contribution >= 0.6 is 0 Å². The first-order valence-corrected chi connectivity index (χ1v) is 5.59. The molecule has 0 aliphatic heterocycles. The lowest BCUT2D eigenvalue weighted by Crippen LogP contribution is -2.61. The molecule has 1 aliphatic carbocycles. The standard InChI is InChI=1S/C12H16N2O3/c1-12(2)8(5-9(12)15)14-11(17)7-3-4-10(16)13-6-7/h3-4,6,8-9,15H,5H2,1-2H3,(H,13,16)(H,14,17). The number of aliphatic hydroxyl groups is 1. The quantitative estimate of drug-likeness (QED) is 0.689. The lowest BCUT2D eigenvalue weighted by atomic mass is 9.64. The molecule has 5 heteroatoms. The normalized spacial score (nSPS) is 26.1. The number of aromatic nitrogens is 1. The average Bonchev–Trinajstić information content (AvgIpc) is 2.29. The van der Waals surface area contributed by atoms with E-state index in [0.29, 0.717) is 12.0 Å². The van der Waals surface area contributed by atoms with Crippen molar-refractivity contribution in [3.05, 3.63) is 34.2 Å². The lowest BCUT2D eigenvalue weighted by molar-refractivity contribution is -0.0689. The van der Waals surface area contributed by atoms with Crippen LogP contribution in [0.15, 0.2) is 23.1 Å². The summed E-state index contributed by atoms with van der Waals surface area (Å²) >= 11 is 0. The van der Waals surface area contributed by atoms with Gasteiger partial charge in [0.15, 0.2) is 0 Å². The maximum Gasteiger partial charge on any atom is 0.252 e. The van der Waals surface area contributed by atoms with Crippen LogP contribution in [-0.2, 0) is 0 Å². The van der Waals surface area contributed by atoms with Gasteiger partial charge in [-0.25, -0.2) is 0 Å². The first-order chi connectivity index (χ1) is 7.91. The van der Waals surface area contributed by atoms with Gasteiger partial charge in [0.1, 0.15) is 0 Å². The molecule has 5 nitrogen and oxygen atoms in total. The van der Waals surface area contributed by atoms with Crippen molar-refractivity contribution >= 4 is 5.91 Å². The van der Waals surface area contributed by atoms with Gasteiger partial charge in [0, 0.05) is 23.7 Å². The summed E-state index contributed by atoms with van der Waals surface area (Å²) in [7, 11) is 0. The molecule has 1 fully saturated rings. The number of rotatable bonds is 2. The topological polar surface area (TPSA) is 82.2 Å². The molecule has 0 aromatic carbocycles. The fourth-order valence-electron chi connectivity index (χ4n) is 1.94. The fourth-order valence-corrected chi connectivity index (χ4v) is 1.94. The third-order valence-corrected chi connectivity index (χ3v) is 3.57. The maximum absolute atomic E-state index is 11.8. The summed E-state index contributed by atoms with van der Waals surface area (Å²) in [6, 6.07) is 2.77. The van der Waals surface area contributed by atoms with Crippen molar-refractivity contribution in [2.24, 2.45) is 5.41 Å². The third kappa shape index (κ3) is 2.10. The highest BCUT2D eigenvalue weighted by atomic mass is 16.3. The number of hydrogen-bond acceptors (Lipinski definition) is 3. The summed E-state index contributed by atoms with van der Waals surface area (Å²) in [5, 5.41) is 12.4. The van der Waals surface area contributed by atoms with Crippen molar-refractivity contribution in [1.82, 2.24) is 10.3 Å². The molecule has 1 amide bonds. The number of H-pyrrole nitrogens is 1. The Labute approximate surface area is 98.9 Å². The van der Waals surface area contributed by atoms with Gasteiger partial charge in [-0.15, -0.1) is 0 Å². The van der Waals surface area contributed by atoms with Crippen LogP contribution in [0.1, 0.15) is 30.6 Å². The van der Waals surface area contributed by atoms with Crippen molar-refractivity contribution in [2.75, 3.05) is 0 Å². The van der Waals surface area contributed by atoms with Gasteiger partial charge < -0.3 is 15.4 Å². The predicted octanol–water partition coefficient (Wildman–Crippen LogP) is 0.264. The first-order valence-electron chi connectivity index (χ1n) is 5.59. The number of nitrogens with one attached hydrogen (secondary N) is 2. The molecule has 2 rings (SSSR count). The van der Waals surface area contributed by atoms with Gasteiger partial charge >= 0.3 is 0 Å². The number of carbonyl (C=O) groups is 1. The van der Waals surface area contributed by atoms with Gasteiger partial charge in [-0.1, -0.05) is 13.8 Å². The highest BCUT2D eigenvalue weighted by Crippen LogP contribution is 2.40. The monoisotopic (exact) mass is 236 g/mol. The van der Waals surface area contributed by atoms with Crippen LogP contribution in [-0.4, -0.2) is 28.1 Å². The summed E-state index contributed by atoms with van der Waals surface area (Å²) in [5.74, 6) is -0.230. The van der Waals surface area contributed by atoms with Crippen molar-refractivity contribution in [2.45, 2.75) is 32.4 Å². The van der Waals surface area contributed by atoms with Crippen LogP contribution in [0.25, 0.3) is 0 Å². The summed E-state index contributed by atoms with van der Waals surface area (Å²) in [6.45, 7) is 3.83. The number of pyridine rings is 1. The Kier molecular flexibility index (Phi) is 2.79. The fraction of sp³-hybridized carbons (Fsp3) is 0.500. The Hall–Kier alpha value is -1.62. The largest absolute Gasteiger partial charge is 0.392 e. The van der Waals surface area contributed by atoms with Crippen LogP contribution in [0.4, 0.5) is 0 Å². The Morgan fingerprint density at radius 3 is 2.71 bits per heavy atom. The molecule has 1 aliphatic rings. The zero-order valence-electron chi connectivity index (χ0n) is 9.86. The van der Waals surface area contributed by atoms with Gasteiger partial charge in [-0.2, -0.15) is 0 Å². The number of hydrogen-bond donors (Lipinski definition) is 3. The second-order valence-electron chi connectivity index (χ2n) is 5.04. The summed E-state index contributed by atoms with van der Waals surface area (Å²) in [4.78, 5) is 25.2. The second kappa shape index (κ2) is 4.00. The van der Waals surface area contributed by atoms with E-state index in [9.17, 15) is 14.7 Å². The average molecular weight is 236 g/mol. The summed E-state index contributed by atoms with van der Waals surface area (Å²) < 4.78 is 0. The van der Waals surface area contributed by atoms with E-state index < -0.39 is 0 Å². The highest BCUT2D eigenvalue weighted by Gasteiger charge is 2.47. The van der Waals surface area contributed by atoms with Gasteiger partial charge in [0.25, 0.3) is 5.91 Å². The Balaban J connectivity index is 2.03. The van der Waals surface area contributed by atoms with Gasteiger partial charge in [0.2, 0.25) is 5.56 Å². The Bertz CT molecular complexity index is 472. The molecule has 2 atom stereocenters. The van der Waals surface area contributed by atoms with E-state index in [1.807, 2.05) is 13.8 Å². The van der Waals surface area contributed by atoms with Crippen LogP contribution in [0.3, 0.4) is 0 Å². The first kappa shape index (κ1) is 11.9. The minimum absolute atomic E-state index is 0.0306. The van der Waals surface area contributed by atoms with E-state index >= 15 is 0 Å². The van der Waals surface area contributed by atoms with Crippen LogP contribution in [0.5, 0.6) is 0 Å². The number of aromatic amines is 1. The molecule has 3 N–H and O–H groups in total. The van der Waals surface area contributed by atoms with Gasteiger partial charge in [-0.3, -0.25) is 9.59 Å². The molecule has 17 heavy (non-hydrogen) atoms. The molecular formula is C12H16N2O3. The number of aliphatic hydroxyl groups excluding tert-OH is 1. The minimum Gasteiger partial charge on any atom is -0.392 e. The van der Waals surface area contributed by atoms with Crippen LogP contribution < -0.4 is 10.9 Å². The van der Waals surface area contributed by atoms with E-state index in [2.05, 4.69) is 10.3 Å². The Morgan fingerprint density at radius 1 is 1.53 bits per heavy atom. The third-order valence-electron chi connectivity index (χ3n) is 3.57. The molecule has 0 saturated heterocycles. The number of amides is 1. The molecule has 0 radical (unpaired) electrons. The molecule has 1 saturated carbocycles. The molecule has 0 spiro atoms. The predicted molar refractivity (Wildman–Crippen MR) is 62.7 cm³/mol. The lowest BCUT2D eigenvalue weighted by Gasteiger charge is -2.49.